The number of carboxylic acids is 1. The van der Waals surface area contributed by atoms with Gasteiger partial charge in [-0.15, -0.1) is 0 Å². The third-order valence-electron chi connectivity index (χ3n) is 3.41. The first-order chi connectivity index (χ1) is 10.2. The maximum Gasteiger partial charge on any atom is 0.353 e. The van der Waals surface area contributed by atoms with Crippen molar-refractivity contribution in [1.82, 2.24) is 4.98 Å². The first-order valence-corrected chi connectivity index (χ1v) is 8.13. The highest BCUT2D eigenvalue weighted by atomic mass is 35.5. The van der Waals surface area contributed by atoms with Crippen LogP contribution in [0.4, 0.5) is 0 Å². The first-order valence-electron chi connectivity index (χ1n) is 7.75. The van der Waals surface area contributed by atoms with Crippen LogP contribution in [0.3, 0.4) is 0 Å². The Morgan fingerprint density at radius 1 is 1.19 bits per heavy atom. The van der Waals surface area contributed by atoms with Crippen LogP contribution in [0.1, 0.15) is 80.8 Å². The molecule has 0 atom stereocenters. The van der Waals surface area contributed by atoms with Gasteiger partial charge in [0, 0.05) is 12.6 Å². The Balaban J connectivity index is 2.18. The van der Waals surface area contributed by atoms with E-state index >= 15 is 0 Å². The van der Waals surface area contributed by atoms with Crippen molar-refractivity contribution in [2.75, 3.05) is 0 Å². The van der Waals surface area contributed by atoms with Gasteiger partial charge in [0.2, 0.25) is 0 Å². The summed E-state index contributed by atoms with van der Waals surface area (Å²) in [5, 5.41) is 9.06. The average molecular weight is 310 g/mol. The molecule has 1 heterocycles. The van der Waals surface area contributed by atoms with E-state index in [0.717, 1.165) is 12.8 Å². The fourth-order valence-electron chi connectivity index (χ4n) is 2.16. The van der Waals surface area contributed by atoms with E-state index in [0.29, 0.717) is 5.56 Å². The van der Waals surface area contributed by atoms with Gasteiger partial charge < -0.3 is 10.1 Å². The third-order valence-corrected chi connectivity index (χ3v) is 3.80. The van der Waals surface area contributed by atoms with Crippen LogP contribution in [0.2, 0.25) is 5.02 Å². The summed E-state index contributed by atoms with van der Waals surface area (Å²) in [4.78, 5) is 13.4. The van der Waals surface area contributed by atoms with Gasteiger partial charge in [0.25, 0.3) is 0 Å². The Labute approximate surface area is 132 Å². The number of hydrogen-bond donors (Lipinski definition) is 2. The van der Waals surface area contributed by atoms with Crippen LogP contribution in [-0.4, -0.2) is 16.1 Å². The second-order valence-electron chi connectivity index (χ2n) is 5.22. The van der Waals surface area contributed by atoms with E-state index in [2.05, 4.69) is 23.7 Å². The molecule has 0 fully saturated rings. The summed E-state index contributed by atoms with van der Waals surface area (Å²) in [6.07, 6.45) is 12.6. The number of carbonyl (C=O) groups is 1. The summed E-state index contributed by atoms with van der Waals surface area (Å²) in [5.41, 5.74) is 0.571. The van der Waals surface area contributed by atoms with Crippen molar-refractivity contribution in [1.29, 1.82) is 0 Å². The van der Waals surface area contributed by atoms with Crippen molar-refractivity contribution in [3.8, 4) is 11.8 Å². The van der Waals surface area contributed by atoms with Gasteiger partial charge in [0.05, 0.1) is 10.6 Å². The van der Waals surface area contributed by atoms with Gasteiger partial charge in [-0.05, 0) is 6.42 Å². The van der Waals surface area contributed by atoms with Gasteiger partial charge in [-0.1, -0.05) is 75.3 Å². The lowest BCUT2D eigenvalue weighted by Crippen LogP contribution is -1.96. The summed E-state index contributed by atoms with van der Waals surface area (Å²) in [6.45, 7) is 2.23. The molecule has 0 unspecified atom stereocenters. The van der Waals surface area contributed by atoms with Crippen LogP contribution in [-0.2, 0) is 0 Å². The van der Waals surface area contributed by atoms with Crippen molar-refractivity contribution >= 4 is 17.6 Å². The van der Waals surface area contributed by atoms with Gasteiger partial charge >= 0.3 is 5.97 Å². The van der Waals surface area contributed by atoms with Gasteiger partial charge in [-0.25, -0.2) is 4.79 Å². The van der Waals surface area contributed by atoms with Crippen molar-refractivity contribution in [3.63, 3.8) is 0 Å². The molecule has 21 heavy (non-hydrogen) atoms. The number of carboxylic acid groups (broad SMARTS) is 1. The van der Waals surface area contributed by atoms with E-state index in [4.69, 9.17) is 16.7 Å². The lowest BCUT2D eigenvalue weighted by Gasteiger charge is -1.99. The molecule has 1 aromatic heterocycles. The molecular formula is C17H24ClNO2. The molecule has 2 N–H and O–H groups in total. The second kappa shape index (κ2) is 10.3. The fraction of sp³-hybridized carbons (Fsp3) is 0.588. The monoisotopic (exact) mass is 309 g/mol. The Hall–Kier alpha value is -1.40. The van der Waals surface area contributed by atoms with Crippen LogP contribution in [0.15, 0.2) is 6.20 Å². The van der Waals surface area contributed by atoms with Crippen LogP contribution < -0.4 is 0 Å². The molecule has 0 saturated carbocycles. The smallest absolute Gasteiger partial charge is 0.353 e. The molecule has 1 rings (SSSR count). The van der Waals surface area contributed by atoms with Crippen molar-refractivity contribution < 1.29 is 9.90 Å². The van der Waals surface area contributed by atoms with E-state index in [-0.39, 0.29) is 10.7 Å². The highest BCUT2D eigenvalue weighted by Crippen LogP contribution is 2.19. The molecule has 0 spiro atoms. The summed E-state index contributed by atoms with van der Waals surface area (Å²) in [5.74, 6) is 4.93. The van der Waals surface area contributed by atoms with E-state index < -0.39 is 5.97 Å². The fourth-order valence-corrected chi connectivity index (χ4v) is 2.39. The number of aromatic nitrogens is 1. The van der Waals surface area contributed by atoms with Gasteiger partial charge in [0.1, 0.15) is 5.69 Å². The van der Waals surface area contributed by atoms with Crippen LogP contribution >= 0.6 is 11.6 Å². The molecule has 1 aromatic rings. The van der Waals surface area contributed by atoms with Gasteiger partial charge in [-0.3, -0.25) is 0 Å². The van der Waals surface area contributed by atoms with E-state index in [1.54, 1.807) is 6.20 Å². The maximum absolute atomic E-state index is 10.8. The topological polar surface area (TPSA) is 53.1 Å². The summed E-state index contributed by atoms with van der Waals surface area (Å²) >= 11 is 5.93. The van der Waals surface area contributed by atoms with E-state index in [1.807, 2.05) is 0 Å². The Morgan fingerprint density at radius 2 is 1.81 bits per heavy atom. The molecule has 3 nitrogen and oxygen atoms in total. The predicted octanol–water partition coefficient (Wildman–Crippen LogP) is 5.25. The number of unbranched alkanes of at least 4 members (excludes halogenated alkanes) is 8. The molecule has 0 aliphatic heterocycles. The highest BCUT2D eigenvalue weighted by molar-refractivity contribution is 6.34. The SMILES string of the molecule is CCCCCCCCCCC#Cc1c[nH]c(C(=O)O)c1Cl. The zero-order chi connectivity index (χ0) is 15.5. The number of rotatable bonds is 9. The van der Waals surface area contributed by atoms with E-state index in [9.17, 15) is 4.79 Å². The van der Waals surface area contributed by atoms with Crippen molar-refractivity contribution in [2.45, 2.75) is 64.7 Å². The molecular weight excluding hydrogens is 286 g/mol. The number of H-pyrrole nitrogens is 1. The molecule has 0 amide bonds. The van der Waals surface area contributed by atoms with Crippen LogP contribution in [0.5, 0.6) is 0 Å². The highest BCUT2D eigenvalue weighted by Gasteiger charge is 2.13. The third kappa shape index (κ3) is 6.73. The zero-order valence-electron chi connectivity index (χ0n) is 12.7. The quantitative estimate of drug-likeness (QED) is 0.483. The predicted molar refractivity (Wildman–Crippen MR) is 86.9 cm³/mol. The molecule has 0 radical (unpaired) electrons. The van der Waals surface area contributed by atoms with Crippen molar-refractivity contribution in [2.24, 2.45) is 0 Å². The zero-order valence-corrected chi connectivity index (χ0v) is 13.4. The lowest BCUT2D eigenvalue weighted by molar-refractivity contribution is 0.0691. The molecule has 0 aromatic carbocycles. The Morgan fingerprint density at radius 3 is 2.38 bits per heavy atom. The van der Waals surface area contributed by atoms with Gasteiger partial charge in [0.15, 0.2) is 0 Å². The largest absolute Gasteiger partial charge is 0.477 e. The van der Waals surface area contributed by atoms with Crippen molar-refractivity contribution in [3.05, 3.63) is 22.5 Å². The molecule has 0 aliphatic rings. The number of hydrogen-bond acceptors (Lipinski definition) is 1. The number of halogens is 1. The molecule has 0 bridgehead atoms. The minimum atomic E-state index is -1.06. The summed E-state index contributed by atoms with van der Waals surface area (Å²) < 4.78 is 0. The standard InChI is InChI=1S/C17H24ClNO2/c1-2-3-4-5-6-7-8-9-10-11-12-14-13-19-16(15(14)18)17(20)21/h13,19H,2-10H2,1H3,(H,20,21). The Bertz CT molecular complexity index is 497. The van der Waals surface area contributed by atoms with Gasteiger partial charge in [-0.2, -0.15) is 0 Å². The molecule has 0 aliphatic carbocycles. The number of aromatic carboxylic acids is 1. The van der Waals surface area contributed by atoms with E-state index in [1.165, 1.54) is 44.9 Å². The Kier molecular flexibility index (Phi) is 8.69. The minimum Gasteiger partial charge on any atom is -0.477 e. The summed E-state index contributed by atoms with van der Waals surface area (Å²) in [7, 11) is 0. The summed E-state index contributed by atoms with van der Waals surface area (Å²) in [6, 6.07) is 0. The number of nitrogens with one attached hydrogen (secondary N) is 1. The lowest BCUT2D eigenvalue weighted by atomic mass is 10.1. The number of aromatic amines is 1. The first kappa shape index (κ1) is 17.7. The molecule has 116 valence electrons. The average Bonchev–Trinajstić information content (AvgIpc) is 2.82. The minimum absolute atomic E-state index is 0.00745. The maximum atomic E-state index is 10.8. The molecule has 4 heteroatoms. The normalized spacial score (nSPS) is 10.2. The second-order valence-corrected chi connectivity index (χ2v) is 5.60. The van der Waals surface area contributed by atoms with Crippen LogP contribution in [0, 0.1) is 11.8 Å². The van der Waals surface area contributed by atoms with Crippen LogP contribution in [0.25, 0.3) is 0 Å². The molecule has 0 saturated heterocycles.